The molecule has 0 saturated carbocycles. The molecule has 0 aliphatic rings. The van der Waals surface area contributed by atoms with Gasteiger partial charge in [-0.1, -0.05) is 48.0 Å². The minimum atomic E-state index is -2.03. The van der Waals surface area contributed by atoms with E-state index in [-0.39, 0.29) is 6.04 Å². The number of thiophene rings is 1. The lowest BCUT2D eigenvalue weighted by atomic mass is 10.1. The fourth-order valence-electron chi connectivity index (χ4n) is 1.62. The molecule has 0 fully saturated rings. The van der Waals surface area contributed by atoms with Gasteiger partial charge in [-0.05, 0) is 17.0 Å². The van der Waals surface area contributed by atoms with E-state index in [1.54, 1.807) is 0 Å². The molecule has 2 nitrogen and oxygen atoms in total. The van der Waals surface area contributed by atoms with Gasteiger partial charge >= 0.3 is 0 Å². The van der Waals surface area contributed by atoms with E-state index in [1.165, 1.54) is 11.3 Å². The molecule has 1 aromatic heterocycles. The van der Waals surface area contributed by atoms with Crippen molar-refractivity contribution in [3.8, 4) is 0 Å². The molecule has 0 bridgehead atoms. The van der Waals surface area contributed by atoms with Crippen molar-refractivity contribution in [1.29, 1.82) is 0 Å². The fourth-order valence-corrected chi connectivity index (χ4v) is 2.49. The Hall–Kier alpha value is -1.39. The van der Waals surface area contributed by atoms with Crippen molar-refractivity contribution in [2.45, 2.75) is 11.7 Å². The molecule has 1 N–H and O–H groups in total. The second-order valence-corrected chi connectivity index (χ2v) is 5.03. The average molecular weight is 284 g/mol. The molecule has 1 aromatic carbocycles. The van der Waals surface area contributed by atoms with E-state index in [0.717, 1.165) is 10.4 Å². The molecule has 0 aliphatic heterocycles. The molecular formula is C13H11ClFNOS. The fraction of sp³-hybridized carbons (Fsp3) is 0.154. The van der Waals surface area contributed by atoms with Gasteiger partial charge in [-0.3, -0.25) is 4.79 Å². The Morgan fingerprint density at radius 3 is 2.50 bits per heavy atom. The molecule has 1 amide bonds. The van der Waals surface area contributed by atoms with E-state index < -0.39 is 11.5 Å². The van der Waals surface area contributed by atoms with E-state index in [1.807, 2.05) is 47.8 Å². The van der Waals surface area contributed by atoms with Crippen LogP contribution in [0.15, 0.2) is 47.8 Å². The maximum absolute atomic E-state index is 12.8. The summed E-state index contributed by atoms with van der Waals surface area (Å²) >= 11 is 6.65. The number of hydrogen-bond donors (Lipinski definition) is 1. The van der Waals surface area contributed by atoms with Crippen molar-refractivity contribution in [1.82, 2.24) is 5.32 Å². The van der Waals surface area contributed by atoms with Gasteiger partial charge in [-0.15, -0.1) is 11.3 Å². The molecular weight excluding hydrogens is 273 g/mol. The van der Waals surface area contributed by atoms with Gasteiger partial charge in [0.25, 0.3) is 11.5 Å². The molecule has 5 heteroatoms. The van der Waals surface area contributed by atoms with Crippen LogP contribution in [0.25, 0.3) is 0 Å². The Morgan fingerprint density at radius 1 is 1.22 bits per heavy atom. The van der Waals surface area contributed by atoms with Crippen molar-refractivity contribution in [2.24, 2.45) is 0 Å². The Labute approximate surface area is 113 Å². The van der Waals surface area contributed by atoms with Crippen LogP contribution in [-0.4, -0.2) is 11.5 Å². The number of nitrogens with one attached hydrogen (secondary N) is 1. The van der Waals surface area contributed by atoms with Gasteiger partial charge < -0.3 is 5.32 Å². The predicted molar refractivity (Wildman–Crippen MR) is 71.5 cm³/mol. The predicted octanol–water partition coefficient (Wildman–Crippen LogP) is 3.49. The lowest BCUT2D eigenvalue weighted by Gasteiger charge is -2.18. The second-order valence-electron chi connectivity index (χ2n) is 3.67. The molecule has 0 saturated heterocycles. The van der Waals surface area contributed by atoms with Crippen molar-refractivity contribution in [3.05, 3.63) is 58.3 Å². The minimum Gasteiger partial charge on any atom is -0.341 e. The molecule has 2 unspecified atom stereocenters. The summed E-state index contributed by atoms with van der Waals surface area (Å²) in [5, 5.41) is 4.51. The molecule has 94 valence electrons. The number of hydrogen-bond acceptors (Lipinski definition) is 2. The Morgan fingerprint density at radius 2 is 1.94 bits per heavy atom. The molecule has 18 heavy (non-hydrogen) atoms. The average Bonchev–Trinajstić information content (AvgIpc) is 2.90. The van der Waals surface area contributed by atoms with E-state index >= 15 is 0 Å². The largest absolute Gasteiger partial charge is 0.341 e. The summed E-state index contributed by atoms with van der Waals surface area (Å²) in [5.41, 5.74) is -1.14. The summed E-state index contributed by atoms with van der Waals surface area (Å²) in [6, 6.07) is 12.8. The summed E-state index contributed by atoms with van der Waals surface area (Å²) in [6.07, 6.45) is 0. The highest BCUT2D eigenvalue weighted by Gasteiger charge is 2.21. The van der Waals surface area contributed by atoms with Crippen molar-refractivity contribution < 1.29 is 9.18 Å². The van der Waals surface area contributed by atoms with Crippen LogP contribution in [-0.2, 0) is 4.79 Å². The molecule has 0 aliphatic carbocycles. The molecule has 2 aromatic rings. The van der Waals surface area contributed by atoms with Crippen LogP contribution < -0.4 is 5.32 Å². The normalized spacial score (nSPS) is 13.9. The molecule has 0 radical (unpaired) electrons. The van der Waals surface area contributed by atoms with E-state index in [9.17, 15) is 9.18 Å². The molecule has 2 rings (SSSR count). The van der Waals surface area contributed by atoms with Crippen LogP contribution >= 0.6 is 22.9 Å². The summed E-state index contributed by atoms with van der Waals surface area (Å²) in [5.74, 6) is -0.820. The van der Waals surface area contributed by atoms with E-state index in [4.69, 9.17) is 11.6 Å². The number of carbonyl (C=O) groups is 1. The molecule has 0 spiro atoms. The van der Waals surface area contributed by atoms with Gasteiger partial charge in [-0.25, -0.2) is 4.39 Å². The van der Waals surface area contributed by atoms with Crippen molar-refractivity contribution in [3.63, 3.8) is 0 Å². The number of benzene rings is 1. The lowest BCUT2D eigenvalue weighted by Crippen LogP contribution is -2.33. The first-order valence-corrected chi connectivity index (χ1v) is 6.67. The van der Waals surface area contributed by atoms with Crippen molar-refractivity contribution in [2.75, 3.05) is 0 Å². The van der Waals surface area contributed by atoms with Crippen LogP contribution in [0.4, 0.5) is 4.39 Å². The second kappa shape index (κ2) is 5.98. The first-order chi connectivity index (χ1) is 8.68. The summed E-state index contributed by atoms with van der Waals surface area (Å²) in [7, 11) is 0. The van der Waals surface area contributed by atoms with Gasteiger partial charge in [0.2, 0.25) is 0 Å². The van der Waals surface area contributed by atoms with Gasteiger partial charge in [-0.2, -0.15) is 0 Å². The van der Waals surface area contributed by atoms with E-state index in [0.29, 0.717) is 0 Å². The standard InChI is InChI=1S/C13H11ClFNOS/c14-12(15)13(17)16-11(10-7-4-8-18-10)9-5-2-1-3-6-9/h1-8,11-12H,(H,16,17). The quantitative estimate of drug-likeness (QED) is 0.855. The summed E-state index contributed by atoms with van der Waals surface area (Å²) < 4.78 is 12.8. The number of alkyl halides is 2. The zero-order valence-electron chi connectivity index (χ0n) is 9.35. The third kappa shape index (κ3) is 3.09. The summed E-state index contributed by atoms with van der Waals surface area (Å²) in [6.45, 7) is 0. The van der Waals surface area contributed by atoms with Gasteiger partial charge in [0.1, 0.15) is 0 Å². The lowest BCUT2D eigenvalue weighted by molar-refractivity contribution is -0.123. The number of rotatable bonds is 4. The van der Waals surface area contributed by atoms with E-state index in [2.05, 4.69) is 5.32 Å². The molecule has 1 heterocycles. The van der Waals surface area contributed by atoms with Gasteiger partial charge in [0, 0.05) is 4.88 Å². The topological polar surface area (TPSA) is 29.1 Å². The zero-order valence-corrected chi connectivity index (χ0v) is 10.9. The highest BCUT2D eigenvalue weighted by molar-refractivity contribution is 7.10. The monoisotopic (exact) mass is 283 g/mol. The SMILES string of the molecule is O=C(NC(c1ccccc1)c1cccs1)C(F)Cl. The van der Waals surface area contributed by atoms with Gasteiger partial charge in [0.05, 0.1) is 6.04 Å². The highest BCUT2D eigenvalue weighted by atomic mass is 35.5. The van der Waals surface area contributed by atoms with Crippen molar-refractivity contribution >= 4 is 28.8 Å². The number of carbonyl (C=O) groups excluding carboxylic acids is 1. The van der Waals surface area contributed by atoms with Crippen LogP contribution in [0, 0.1) is 0 Å². The number of halogens is 2. The minimum absolute atomic E-state index is 0.365. The Balaban J connectivity index is 2.27. The summed E-state index contributed by atoms with van der Waals surface area (Å²) in [4.78, 5) is 12.3. The zero-order chi connectivity index (χ0) is 13.0. The Bertz CT molecular complexity index is 501. The van der Waals surface area contributed by atoms with Crippen LogP contribution in [0.3, 0.4) is 0 Å². The smallest absolute Gasteiger partial charge is 0.270 e. The maximum Gasteiger partial charge on any atom is 0.270 e. The van der Waals surface area contributed by atoms with Gasteiger partial charge in [0.15, 0.2) is 0 Å². The highest BCUT2D eigenvalue weighted by Crippen LogP contribution is 2.26. The molecule has 2 atom stereocenters. The van der Waals surface area contributed by atoms with Crippen LogP contribution in [0.1, 0.15) is 16.5 Å². The number of amides is 1. The Kier molecular flexibility index (Phi) is 4.33. The first-order valence-electron chi connectivity index (χ1n) is 5.35. The maximum atomic E-state index is 12.8. The van der Waals surface area contributed by atoms with Crippen LogP contribution in [0.2, 0.25) is 0 Å². The van der Waals surface area contributed by atoms with Crippen LogP contribution in [0.5, 0.6) is 0 Å². The third-order valence-electron chi connectivity index (χ3n) is 2.45. The first kappa shape index (κ1) is 13.1. The third-order valence-corrected chi connectivity index (χ3v) is 3.58.